The molecule has 110 valence electrons. The Kier molecular flexibility index (Phi) is 4.89. The molecule has 1 aromatic carbocycles. The van der Waals surface area contributed by atoms with Gasteiger partial charge in [0.15, 0.2) is 0 Å². The average molecular weight is 293 g/mol. The minimum atomic E-state index is -1.17. The summed E-state index contributed by atoms with van der Waals surface area (Å²) in [7, 11) is 0. The summed E-state index contributed by atoms with van der Waals surface area (Å²) in [6.45, 7) is 0.613. The number of nitro benzene ring substituents is 1. The van der Waals surface area contributed by atoms with Gasteiger partial charge in [0.25, 0.3) is 0 Å². The Hall–Kier alpha value is -2.41. The molecule has 0 amide bonds. The van der Waals surface area contributed by atoms with Crippen molar-refractivity contribution in [3.05, 3.63) is 69.5 Å². The summed E-state index contributed by atoms with van der Waals surface area (Å²) < 4.78 is 26.7. The molecule has 0 saturated carbocycles. The van der Waals surface area contributed by atoms with Crippen LogP contribution >= 0.6 is 0 Å². The predicted molar refractivity (Wildman–Crippen MR) is 72.7 cm³/mol. The SMILES string of the molecule is O=[N+]([O-])c1cc(CNCCc2ccccn2)c(F)cc1F. The summed E-state index contributed by atoms with van der Waals surface area (Å²) in [6, 6.07) is 6.99. The molecule has 0 aliphatic carbocycles. The molecule has 1 aromatic heterocycles. The number of hydrogen-bond acceptors (Lipinski definition) is 4. The Balaban J connectivity index is 1.94. The standard InChI is InChI=1S/C14H13F2N3O2/c15-12-8-13(16)14(19(20)21)7-10(12)9-17-6-4-11-3-1-2-5-18-11/h1-3,5,7-8,17H,4,6,9H2. The summed E-state index contributed by atoms with van der Waals surface area (Å²) in [5.74, 6) is -1.97. The minimum absolute atomic E-state index is 0.0594. The normalized spacial score (nSPS) is 10.6. The summed E-state index contributed by atoms with van der Waals surface area (Å²) in [6.07, 6.45) is 2.32. The first-order valence-corrected chi connectivity index (χ1v) is 6.31. The van der Waals surface area contributed by atoms with Gasteiger partial charge >= 0.3 is 5.69 Å². The maximum atomic E-state index is 13.5. The van der Waals surface area contributed by atoms with Crippen molar-refractivity contribution in [1.82, 2.24) is 10.3 Å². The quantitative estimate of drug-likeness (QED) is 0.505. The second kappa shape index (κ2) is 6.85. The number of hydrogen-bond donors (Lipinski definition) is 1. The molecule has 0 unspecified atom stereocenters. The lowest BCUT2D eigenvalue weighted by Crippen LogP contribution is -2.18. The third-order valence-corrected chi connectivity index (χ3v) is 2.91. The van der Waals surface area contributed by atoms with Crippen LogP contribution in [0.5, 0.6) is 0 Å². The van der Waals surface area contributed by atoms with E-state index in [1.807, 2.05) is 18.2 Å². The zero-order valence-corrected chi connectivity index (χ0v) is 11.1. The fraction of sp³-hybridized carbons (Fsp3) is 0.214. The van der Waals surface area contributed by atoms with Gasteiger partial charge in [0, 0.05) is 49.1 Å². The second-order valence-corrected chi connectivity index (χ2v) is 4.40. The van der Waals surface area contributed by atoms with Crippen molar-refractivity contribution in [3.8, 4) is 0 Å². The number of nitrogens with zero attached hydrogens (tertiary/aromatic N) is 2. The van der Waals surface area contributed by atoms with Gasteiger partial charge in [-0.1, -0.05) is 6.07 Å². The molecule has 0 radical (unpaired) electrons. The first-order chi connectivity index (χ1) is 10.1. The van der Waals surface area contributed by atoms with Crippen LogP contribution in [0.25, 0.3) is 0 Å². The lowest BCUT2D eigenvalue weighted by atomic mass is 10.1. The van der Waals surface area contributed by atoms with Crippen molar-refractivity contribution < 1.29 is 13.7 Å². The molecule has 0 fully saturated rings. The van der Waals surface area contributed by atoms with Crippen molar-refractivity contribution in [2.45, 2.75) is 13.0 Å². The molecule has 0 atom stereocenters. The molecule has 1 N–H and O–H groups in total. The van der Waals surface area contributed by atoms with Gasteiger partial charge in [-0.25, -0.2) is 4.39 Å². The Morgan fingerprint density at radius 3 is 2.71 bits per heavy atom. The van der Waals surface area contributed by atoms with Crippen LogP contribution in [-0.4, -0.2) is 16.5 Å². The molecule has 0 aliphatic rings. The Bertz CT molecular complexity index is 636. The zero-order chi connectivity index (χ0) is 15.2. The first kappa shape index (κ1) is 15.0. The molecule has 2 aromatic rings. The van der Waals surface area contributed by atoms with Crippen LogP contribution in [0.4, 0.5) is 14.5 Å². The van der Waals surface area contributed by atoms with Crippen LogP contribution in [0.1, 0.15) is 11.3 Å². The van der Waals surface area contributed by atoms with Crippen LogP contribution in [0, 0.1) is 21.7 Å². The van der Waals surface area contributed by atoms with E-state index >= 15 is 0 Å². The summed E-state index contributed by atoms with van der Waals surface area (Å²) in [4.78, 5) is 13.9. The third kappa shape index (κ3) is 4.03. The van der Waals surface area contributed by atoms with Gasteiger partial charge in [-0.2, -0.15) is 4.39 Å². The van der Waals surface area contributed by atoms with Gasteiger partial charge in [0.2, 0.25) is 5.82 Å². The topological polar surface area (TPSA) is 68.1 Å². The van der Waals surface area contributed by atoms with Crippen LogP contribution < -0.4 is 5.32 Å². The maximum Gasteiger partial charge on any atom is 0.305 e. The van der Waals surface area contributed by atoms with Gasteiger partial charge < -0.3 is 5.32 Å². The number of halogens is 2. The van der Waals surface area contributed by atoms with E-state index in [1.54, 1.807) is 6.20 Å². The fourth-order valence-electron chi connectivity index (χ4n) is 1.84. The van der Waals surface area contributed by atoms with Crippen molar-refractivity contribution >= 4 is 5.69 Å². The van der Waals surface area contributed by atoms with Crippen LogP contribution in [0.15, 0.2) is 36.5 Å². The summed E-state index contributed by atoms with van der Waals surface area (Å²) in [5, 5.41) is 13.6. The molecular weight excluding hydrogens is 280 g/mol. The predicted octanol–water partition coefficient (Wildman–Crippen LogP) is 2.60. The van der Waals surface area contributed by atoms with Crippen molar-refractivity contribution in [2.24, 2.45) is 0 Å². The monoisotopic (exact) mass is 293 g/mol. The highest BCUT2D eigenvalue weighted by atomic mass is 19.1. The Labute approximate surface area is 119 Å². The summed E-state index contributed by atoms with van der Waals surface area (Å²) >= 11 is 0. The van der Waals surface area contributed by atoms with Crippen molar-refractivity contribution in [1.29, 1.82) is 0 Å². The molecular formula is C14H13F2N3O2. The molecule has 7 heteroatoms. The van der Waals surface area contributed by atoms with E-state index in [1.165, 1.54) is 0 Å². The van der Waals surface area contributed by atoms with Gasteiger partial charge in [-0.05, 0) is 12.1 Å². The molecule has 0 bridgehead atoms. The molecule has 5 nitrogen and oxygen atoms in total. The van der Waals surface area contributed by atoms with E-state index < -0.39 is 22.2 Å². The lowest BCUT2D eigenvalue weighted by molar-refractivity contribution is -0.387. The number of nitro groups is 1. The van der Waals surface area contributed by atoms with Crippen molar-refractivity contribution in [3.63, 3.8) is 0 Å². The smallest absolute Gasteiger partial charge is 0.305 e. The number of aromatic nitrogens is 1. The van der Waals surface area contributed by atoms with E-state index in [0.29, 0.717) is 19.0 Å². The van der Waals surface area contributed by atoms with E-state index in [-0.39, 0.29) is 12.1 Å². The van der Waals surface area contributed by atoms with E-state index in [0.717, 1.165) is 11.8 Å². The first-order valence-electron chi connectivity index (χ1n) is 6.31. The average Bonchev–Trinajstić information content (AvgIpc) is 2.46. The minimum Gasteiger partial charge on any atom is -0.312 e. The Morgan fingerprint density at radius 2 is 2.05 bits per heavy atom. The number of nitrogens with one attached hydrogen (secondary N) is 1. The van der Waals surface area contributed by atoms with E-state index in [9.17, 15) is 18.9 Å². The number of pyridine rings is 1. The molecule has 0 spiro atoms. The Morgan fingerprint density at radius 1 is 1.24 bits per heavy atom. The molecule has 2 rings (SSSR count). The van der Waals surface area contributed by atoms with Gasteiger partial charge in [-0.15, -0.1) is 0 Å². The highest BCUT2D eigenvalue weighted by molar-refractivity contribution is 5.37. The van der Waals surface area contributed by atoms with Gasteiger partial charge in [0.1, 0.15) is 5.82 Å². The highest BCUT2D eigenvalue weighted by Gasteiger charge is 2.18. The molecule has 21 heavy (non-hydrogen) atoms. The molecule has 1 heterocycles. The van der Waals surface area contributed by atoms with Gasteiger partial charge in [-0.3, -0.25) is 15.1 Å². The van der Waals surface area contributed by atoms with Crippen LogP contribution in [-0.2, 0) is 13.0 Å². The zero-order valence-electron chi connectivity index (χ0n) is 11.1. The van der Waals surface area contributed by atoms with E-state index in [2.05, 4.69) is 10.3 Å². The number of benzene rings is 1. The second-order valence-electron chi connectivity index (χ2n) is 4.40. The van der Waals surface area contributed by atoms with Crippen LogP contribution in [0.3, 0.4) is 0 Å². The highest BCUT2D eigenvalue weighted by Crippen LogP contribution is 2.21. The lowest BCUT2D eigenvalue weighted by Gasteiger charge is -2.06. The fourth-order valence-corrected chi connectivity index (χ4v) is 1.84. The number of rotatable bonds is 6. The van der Waals surface area contributed by atoms with Crippen molar-refractivity contribution in [2.75, 3.05) is 6.54 Å². The summed E-state index contributed by atoms with van der Waals surface area (Å²) in [5.41, 5.74) is 0.220. The maximum absolute atomic E-state index is 13.5. The molecule has 0 aliphatic heterocycles. The third-order valence-electron chi connectivity index (χ3n) is 2.91. The molecule has 0 saturated heterocycles. The van der Waals surface area contributed by atoms with E-state index in [4.69, 9.17) is 0 Å². The van der Waals surface area contributed by atoms with Gasteiger partial charge in [0.05, 0.1) is 4.92 Å². The largest absolute Gasteiger partial charge is 0.312 e. The van der Waals surface area contributed by atoms with Crippen LogP contribution in [0.2, 0.25) is 0 Å².